The summed E-state index contributed by atoms with van der Waals surface area (Å²) in [5, 5.41) is 23.0. The summed E-state index contributed by atoms with van der Waals surface area (Å²) in [4.78, 5) is 25.6. The van der Waals surface area contributed by atoms with E-state index in [0.29, 0.717) is 22.6 Å². The number of para-hydroxylation sites is 1. The Hall–Kier alpha value is -4.15. The number of aryl methyl sites for hydroxylation is 1. The third kappa shape index (κ3) is 3.72. The summed E-state index contributed by atoms with van der Waals surface area (Å²) < 4.78 is 18.9. The van der Waals surface area contributed by atoms with Crippen molar-refractivity contribution in [1.29, 1.82) is 0 Å². The van der Waals surface area contributed by atoms with Gasteiger partial charge in [-0.1, -0.05) is 12.1 Å². The molecule has 0 atom stereocenters. The largest absolute Gasteiger partial charge is 0.368 e. The monoisotopic (exact) mass is 423 g/mol. The minimum atomic E-state index is -1.82. The fraction of sp³-hybridized carbons (Fsp3) is 0.250. The highest BCUT2D eigenvalue weighted by molar-refractivity contribution is 6.00. The normalized spacial score (nSPS) is 14.5. The summed E-state index contributed by atoms with van der Waals surface area (Å²) in [6.07, 6.45) is 1.67. The van der Waals surface area contributed by atoms with Crippen molar-refractivity contribution >= 4 is 34.8 Å². The van der Waals surface area contributed by atoms with Gasteiger partial charge in [-0.15, -0.1) is 10.2 Å². The number of hydrogen-bond donors (Lipinski definition) is 4. The number of urea groups is 1. The number of nitrogens with one attached hydrogen (secondary N) is 4. The first-order valence-electron chi connectivity index (χ1n) is 10.4. The summed E-state index contributed by atoms with van der Waals surface area (Å²) in [7, 11) is 6.34. The highest BCUT2D eigenvalue weighted by Gasteiger charge is 2.26. The lowest BCUT2D eigenvalue weighted by Crippen LogP contribution is -2.26. The maximum absolute atomic E-state index is 12.4. The Morgan fingerprint density at radius 2 is 1.94 bits per heavy atom. The molecule has 3 aromatic rings. The number of carbonyl (C=O) groups is 2. The second-order valence-electron chi connectivity index (χ2n) is 6.84. The van der Waals surface area contributed by atoms with E-state index < -0.39 is 18.4 Å². The Labute approximate surface area is 181 Å². The minimum absolute atomic E-state index is 0.0116. The number of rotatable bonds is 4. The predicted molar refractivity (Wildman–Crippen MR) is 118 cm³/mol. The van der Waals surface area contributed by atoms with Crippen molar-refractivity contribution < 1.29 is 12.3 Å². The molecule has 0 aliphatic carbocycles. The lowest BCUT2D eigenvalue weighted by Gasteiger charge is -2.29. The Bertz CT molecular complexity index is 1260. The van der Waals surface area contributed by atoms with Crippen LogP contribution >= 0.6 is 0 Å². The number of fused-ring (bicyclic) bond motifs is 3. The molecule has 2 aromatic heterocycles. The molecule has 1 aromatic carbocycles. The van der Waals surface area contributed by atoms with Gasteiger partial charge in [0.1, 0.15) is 0 Å². The quantitative estimate of drug-likeness (QED) is 0.502. The molecule has 3 heterocycles. The molecule has 31 heavy (non-hydrogen) atoms. The van der Waals surface area contributed by atoms with Crippen LogP contribution in [0.1, 0.15) is 18.8 Å². The van der Waals surface area contributed by atoms with Gasteiger partial charge in [0, 0.05) is 58.1 Å². The molecule has 0 saturated heterocycles. The van der Waals surface area contributed by atoms with E-state index in [0.717, 1.165) is 5.56 Å². The topological polar surface area (TPSA) is 129 Å². The van der Waals surface area contributed by atoms with E-state index in [-0.39, 0.29) is 17.2 Å². The van der Waals surface area contributed by atoms with Crippen LogP contribution in [0.5, 0.6) is 0 Å². The Kier molecular flexibility index (Phi) is 4.53. The van der Waals surface area contributed by atoms with Gasteiger partial charge >= 0.3 is 6.03 Å². The Morgan fingerprint density at radius 3 is 2.68 bits per heavy atom. The zero-order valence-corrected chi connectivity index (χ0v) is 17.4. The van der Waals surface area contributed by atoms with Crippen LogP contribution in [0.25, 0.3) is 11.3 Å². The van der Waals surface area contributed by atoms with E-state index in [4.69, 9.17) is 2.74 Å². The molecule has 3 amide bonds. The molecule has 0 radical (unpaired) electrons. The number of nitrogens with zero attached hydrogens (tertiary/aromatic N) is 5. The van der Waals surface area contributed by atoms with E-state index in [2.05, 4.69) is 36.6 Å². The van der Waals surface area contributed by atoms with E-state index in [1.165, 1.54) is 25.1 Å². The van der Waals surface area contributed by atoms with Gasteiger partial charge in [0.25, 0.3) is 5.91 Å². The first-order valence-corrected chi connectivity index (χ1v) is 9.44. The van der Waals surface area contributed by atoms with Crippen molar-refractivity contribution in [2.75, 3.05) is 36.7 Å². The molecular weight excluding hydrogens is 398 g/mol. The Balaban J connectivity index is 1.84. The van der Waals surface area contributed by atoms with Crippen molar-refractivity contribution in [3.05, 3.63) is 41.7 Å². The fourth-order valence-corrected chi connectivity index (χ4v) is 3.36. The first-order chi connectivity index (χ1) is 15.7. The number of anilines is 4. The van der Waals surface area contributed by atoms with Crippen LogP contribution in [0.3, 0.4) is 0 Å². The van der Waals surface area contributed by atoms with Crippen LogP contribution in [-0.4, -0.2) is 53.1 Å². The van der Waals surface area contributed by atoms with Crippen LogP contribution in [0, 0.1) is 0 Å². The van der Waals surface area contributed by atoms with Crippen LogP contribution in [-0.2, 0) is 13.5 Å². The van der Waals surface area contributed by atoms with Crippen LogP contribution < -0.4 is 26.2 Å². The molecule has 11 nitrogen and oxygen atoms in total. The summed E-state index contributed by atoms with van der Waals surface area (Å²) in [6.45, 7) is -1.82. The van der Waals surface area contributed by atoms with Crippen LogP contribution in [0.4, 0.5) is 27.7 Å². The average Bonchev–Trinajstić information content (AvgIpc) is 3.20. The average molecular weight is 423 g/mol. The van der Waals surface area contributed by atoms with Crippen molar-refractivity contribution in [3.8, 4) is 11.3 Å². The fourth-order valence-electron chi connectivity index (χ4n) is 3.36. The van der Waals surface area contributed by atoms with E-state index >= 15 is 0 Å². The smallest absolute Gasteiger partial charge is 0.320 e. The number of benzene rings is 1. The van der Waals surface area contributed by atoms with Crippen molar-refractivity contribution in [2.45, 2.75) is 6.50 Å². The molecule has 0 saturated carbocycles. The third-order valence-corrected chi connectivity index (χ3v) is 4.72. The molecule has 0 spiro atoms. The van der Waals surface area contributed by atoms with E-state index in [1.807, 2.05) is 12.1 Å². The molecule has 1 aliphatic rings. The SMILES string of the molecule is [2H]C1([2H])c2cn(C)nc2-c2cccc(Nc3cc(NC(=O)NC)nnc3C(=O)NC)c2N1C. The zero-order chi connectivity index (χ0) is 23.9. The second-order valence-corrected chi connectivity index (χ2v) is 6.84. The number of aromatic nitrogens is 4. The van der Waals surface area contributed by atoms with Gasteiger partial charge in [-0.3, -0.25) is 14.8 Å². The van der Waals surface area contributed by atoms with Gasteiger partial charge < -0.3 is 20.9 Å². The summed E-state index contributed by atoms with van der Waals surface area (Å²) >= 11 is 0. The van der Waals surface area contributed by atoms with Gasteiger partial charge in [-0.25, -0.2) is 4.79 Å². The first kappa shape index (κ1) is 17.7. The molecule has 0 fully saturated rings. The van der Waals surface area contributed by atoms with Crippen molar-refractivity contribution in [1.82, 2.24) is 30.6 Å². The van der Waals surface area contributed by atoms with Gasteiger partial charge in [0.05, 0.1) is 25.5 Å². The van der Waals surface area contributed by atoms with Gasteiger partial charge in [0.2, 0.25) is 0 Å². The third-order valence-electron chi connectivity index (χ3n) is 4.72. The van der Waals surface area contributed by atoms with Gasteiger partial charge in [-0.05, 0) is 6.07 Å². The molecule has 4 rings (SSSR count). The number of carbonyl (C=O) groups excluding carboxylic acids is 2. The number of hydrogen-bond acceptors (Lipinski definition) is 7. The molecule has 0 unspecified atom stereocenters. The van der Waals surface area contributed by atoms with Gasteiger partial charge in [-0.2, -0.15) is 5.10 Å². The second kappa shape index (κ2) is 7.94. The van der Waals surface area contributed by atoms with Crippen molar-refractivity contribution in [2.24, 2.45) is 7.05 Å². The summed E-state index contributed by atoms with van der Waals surface area (Å²) in [5.41, 5.74) is 3.13. The molecule has 11 heteroatoms. The highest BCUT2D eigenvalue weighted by atomic mass is 16.2. The maximum Gasteiger partial charge on any atom is 0.320 e. The minimum Gasteiger partial charge on any atom is -0.368 e. The standard InChI is InChI=1S/C20H23N9O2/c1-21-19(30)17-14(8-15(25-26-17)24-20(31)22-2)23-13-7-5-6-12-16-11(10-29(4)27-16)9-28(3)18(12)13/h5-8,10H,9H2,1-4H3,(H,21,30)(H3,22,23,24,25,31)/i9D2. The zero-order valence-electron chi connectivity index (χ0n) is 19.4. The lowest BCUT2D eigenvalue weighted by molar-refractivity contribution is 0.0958. The molecule has 0 bridgehead atoms. The highest BCUT2D eigenvalue weighted by Crippen LogP contribution is 2.43. The Morgan fingerprint density at radius 1 is 1.13 bits per heavy atom. The van der Waals surface area contributed by atoms with Crippen molar-refractivity contribution in [3.63, 3.8) is 0 Å². The number of amides is 3. The summed E-state index contributed by atoms with van der Waals surface area (Å²) in [5.74, 6) is -0.345. The van der Waals surface area contributed by atoms with E-state index in [1.54, 1.807) is 31.0 Å². The predicted octanol–water partition coefficient (Wildman–Crippen LogP) is 1.68. The lowest BCUT2D eigenvalue weighted by atomic mass is 9.99. The molecular formula is C20H23N9O2. The van der Waals surface area contributed by atoms with Gasteiger partial charge in [0.15, 0.2) is 11.5 Å². The van der Waals surface area contributed by atoms with Crippen LogP contribution in [0.2, 0.25) is 0 Å². The van der Waals surface area contributed by atoms with E-state index in [9.17, 15) is 9.59 Å². The van der Waals surface area contributed by atoms with Crippen LogP contribution in [0.15, 0.2) is 30.5 Å². The molecule has 160 valence electrons. The maximum atomic E-state index is 12.4. The summed E-state index contributed by atoms with van der Waals surface area (Å²) in [6, 6.07) is 6.43. The molecule has 1 aliphatic heterocycles. The molecule has 4 N–H and O–H groups in total.